The minimum atomic E-state index is -1.11. The van der Waals surface area contributed by atoms with Crippen molar-refractivity contribution in [1.82, 2.24) is 10.5 Å². The summed E-state index contributed by atoms with van der Waals surface area (Å²) in [5, 5.41) is 15.1. The Morgan fingerprint density at radius 1 is 1.61 bits per heavy atom. The maximum absolute atomic E-state index is 11.6. The number of hydrogen-bond donors (Lipinski definition) is 2. The molecule has 0 spiro atoms. The first-order chi connectivity index (χ1) is 8.52. The van der Waals surface area contributed by atoms with Crippen LogP contribution in [0.25, 0.3) is 0 Å². The molecular weight excluding hydrogens is 240 g/mol. The van der Waals surface area contributed by atoms with Crippen LogP contribution in [0.15, 0.2) is 10.6 Å². The van der Waals surface area contributed by atoms with Crippen LogP contribution in [0, 0.1) is 6.92 Å². The fourth-order valence-corrected chi connectivity index (χ4v) is 1.78. The van der Waals surface area contributed by atoms with Gasteiger partial charge in [-0.05, 0) is 31.3 Å². The normalized spacial score (nSPS) is 16.7. The van der Waals surface area contributed by atoms with Crippen molar-refractivity contribution < 1.29 is 24.0 Å². The van der Waals surface area contributed by atoms with Crippen LogP contribution in [0.2, 0.25) is 0 Å². The van der Waals surface area contributed by atoms with Gasteiger partial charge < -0.3 is 19.7 Å². The van der Waals surface area contributed by atoms with Gasteiger partial charge in [-0.15, -0.1) is 0 Å². The molecule has 0 unspecified atom stereocenters. The molecule has 1 aliphatic carbocycles. The maximum Gasteiger partial charge on any atom is 0.329 e. The van der Waals surface area contributed by atoms with Gasteiger partial charge in [-0.1, -0.05) is 0 Å². The van der Waals surface area contributed by atoms with E-state index >= 15 is 0 Å². The average Bonchev–Trinajstić information content (AvgIpc) is 2.66. The number of carbonyl (C=O) groups is 2. The number of rotatable bonds is 5. The lowest BCUT2D eigenvalue weighted by Gasteiger charge is -2.38. The molecule has 1 saturated carbocycles. The SMILES string of the molecule is Cc1cc(OCC(=O)NC2(C(=O)O)CCC2)no1. The number of carbonyl (C=O) groups excluding carboxylic acids is 1. The summed E-state index contributed by atoms with van der Waals surface area (Å²) in [6.45, 7) is 1.43. The Morgan fingerprint density at radius 3 is 2.78 bits per heavy atom. The third-order valence-corrected chi connectivity index (χ3v) is 2.95. The summed E-state index contributed by atoms with van der Waals surface area (Å²) in [4.78, 5) is 22.6. The highest BCUT2D eigenvalue weighted by atomic mass is 16.5. The Kier molecular flexibility index (Phi) is 3.22. The maximum atomic E-state index is 11.6. The van der Waals surface area contributed by atoms with Crippen molar-refractivity contribution in [3.05, 3.63) is 11.8 Å². The van der Waals surface area contributed by atoms with Crippen LogP contribution in [0.1, 0.15) is 25.0 Å². The van der Waals surface area contributed by atoms with Crippen LogP contribution in [0.3, 0.4) is 0 Å². The summed E-state index contributed by atoms with van der Waals surface area (Å²) >= 11 is 0. The van der Waals surface area contributed by atoms with Crippen LogP contribution in [-0.2, 0) is 9.59 Å². The monoisotopic (exact) mass is 254 g/mol. The zero-order valence-corrected chi connectivity index (χ0v) is 9.93. The first kappa shape index (κ1) is 12.4. The topological polar surface area (TPSA) is 102 Å². The molecule has 1 fully saturated rings. The number of nitrogens with zero attached hydrogens (tertiary/aromatic N) is 1. The van der Waals surface area contributed by atoms with Gasteiger partial charge in [0.1, 0.15) is 11.3 Å². The van der Waals surface area contributed by atoms with Gasteiger partial charge in [-0.3, -0.25) is 4.79 Å². The highest BCUT2D eigenvalue weighted by Crippen LogP contribution is 2.31. The molecule has 7 nitrogen and oxygen atoms in total. The molecular formula is C11H14N2O5. The highest BCUT2D eigenvalue weighted by molar-refractivity contribution is 5.88. The molecule has 0 radical (unpaired) electrons. The largest absolute Gasteiger partial charge is 0.480 e. The van der Waals surface area contributed by atoms with Gasteiger partial charge in [-0.2, -0.15) is 0 Å². The number of aliphatic carboxylic acids is 1. The van der Waals surface area contributed by atoms with Gasteiger partial charge in [0, 0.05) is 6.07 Å². The third kappa shape index (κ3) is 2.44. The van der Waals surface area contributed by atoms with Crippen molar-refractivity contribution in [2.75, 3.05) is 6.61 Å². The molecule has 1 heterocycles. The van der Waals surface area contributed by atoms with Crippen molar-refractivity contribution in [1.29, 1.82) is 0 Å². The van der Waals surface area contributed by atoms with Gasteiger partial charge in [0.25, 0.3) is 11.8 Å². The molecule has 18 heavy (non-hydrogen) atoms. The van der Waals surface area contributed by atoms with Crippen molar-refractivity contribution in [3.8, 4) is 5.88 Å². The molecule has 0 atom stereocenters. The second kappa shape index (κ2) is 4.67. The summed E-state index contributed by atoms with van der Waals surface area (Å²) in [7, 11) is 0. The number of aryl methyl sites for hydroxylation is 1. The second-order valence-electron chi connectivity index (χ2n) is 4.35. The first-order valence-electron chi connectivity index (χ1n) is 5.62. The van der Waals surface area contributed by atoms with Crippen molar-refractivity contribution in [2.24, 2.45) is 0 Å². The second-order valence-corrected chi connectivity index (χ2v) is 4.35. The summed E-state index contributed by atoms with van der Waals surface area (Å²) in [6.07, 6.45) is 1.71. The highest BCUT2D eigenvalue weighted by Gasteiger charge is 2.45. The van der Waals surface area contributed by atoms with Gasteiger partial charge in [-0.25, -0.2) is 4.79 Å². The quantitative estimate of drug-likeness (QED) is 0.792. The summed E-state index contributed by atoms with van der Waals surface area (Å²) in [5.74, 6) is -0.691. The van der Waals surface area contributed by atoms with E-state index < -0.39 is 17.4 Å². The van der Waals surface area contributed by atoms with E-state index in [4.69, 9.17) is 14.4 Å². The predicted molar refractivity (Wildman–Crippen MR) is 59.1 cm³/mol. The van der Waals surface area contributed by atoms with Crippen molar-refractivity contribution >= 4 is 11.9 Å². The number of ether oxygens (including phenoxy) is 1. The fourth-order valence-electron chi connectivity index (χ4n) is 1.78. The molecule has 0 saturated heterocycles. The van der Waals surface area contributed by atoms with Gasteiger partial charge >= 0.3 is 5.97 Å². The zero-order chi connectivity index (χ0) is 13.2. The molecule has 0 aliphatic heterocycles. The lowest BCUT2D eigenvalue weighted by atomic mass is 9.77. The Labute approximate surface area is 103 Å². The molecule has 98 valence electrons. The minimum absolute atomic E-state index is 0.209. The molecule has 1 amide bonds. The summed E-state index contributed by atoms with van der Waals surface area (Å²) in [5.41, 5.74) is -1.11. The summed E-state index contributed by atoms with van der Waals surface area (Å²) < 4.78 is 9.84. The lowest BCUT2D eigenvalue weighted by molar-refractivity contribution is -0.152. The van der Waals surface area contributed by atoms with E-state index in [1.807, 2.05) is 0 Å². The van der Waals surface area contributed by atoms with Gasteiger partial charge in [0.2, 0.25) is 0 Å². The Hall–Kier alpha value is -2.05. The lowest BCUT2D eigenvalue weighted by Crippen LogP contribution is -2.59. The molecule has 2 N–H and O–H groups in total. The van der Waals surface area contributed by atoms with E-state index in [9.17, 15) is 9.59 Å². The number of carboxylic acids is 1. The van der Waals surface area contributed by atoms with E-state index in [1.54, 1.807) is 13.0 Å². The van der Waals surface area contributed by atoms with E-state index in [2.05, 4.69) is 10.5 Å². The molecule has 1 aliphatic rings. The summed E-state index contributed by atoms with van der Waals surface area (Å²) in [6, 6.07) is 1.55. The Balaban J connectivity index is 1.83. The Morgan fingerprint density at radius 2 is 2.33 bits per heavy atom. The number of hydrogen-bond acceptors (Lipinski definition) is 5. The van der Waals surface area contributed by atoms with Crippen LogP contribution in [0.4, 0.5) is 0 Å². The standard InChI is InChI=1S/C11H14N2O5/c1-7-5-9(13-18-7)17-6-8(14)12-11(10(15)16)3-2-4-11/h5H,2-4,6H2,1H3,(H,12,14)(H,15,16). The molecule has 7 heteroatoms. The van der Waals surface area contributed by atoms with Crippen LogP contribution >= 0.6 is 0 Å². The smallest absolute Gasteiger partial charge is 0.329 e. The molecule has 0 bridgehead atoms. The molecule has 1 aromatic heterocycles. The average molecular weight is 254 g/mol. The van der Waals surface area contributed by atoms with E-state index in [1.165, 1.54) is 0 Å². The number of amides is 1. The van der Waals surface area contributed by atoms with Crippen LogP contribution in [-0.4, -0.2) is 34.3 Å². The number of aromatic nitrogens is 1. The van der Waals surface area contributed by atoms with Crippen molar-refractivity contribution in [2.45, 2.75) is 31.7 Å². The van der Waals surface area contributed by atoms with E-state index in [-0.39, 0.29) is 12.5 Å². The van der Waals surface area contributed by atoms with Gasteiger partial charge in [0.05, 0.1) is 0 Å². The molecule has 1 aromatic rings. The molecule has 0 aromatic carbocycles. The zero-order valence-electron chi connectivity index (χ0n) is 9.93. The van der Waals surface area contributed by atoms with Gasteiger partial charge in [0.15, 0.2) is 6.61 Å². The van der Waals surface area contributed by atoms with E-state index in [0.717, 1.165) is 6.42 Å². The number of nitrogens with one attached hydrogen (secondary N) is 1. The fraction of sp³-hybridized carbons (Fsp3) is 0.545. The Bertz CT molecular complexity index is 464. The number of carboxylic acid groups (broad SMARTS) is 1. The predicted octanol–water partition coefficient (Wildman–Crippen LogP) is 0.485. The van der Waals surface area contributed by atoms with Crippen LogP contribution in [0.5, 0.6) is 5.88 Å². The van der Waals surface area contributed by atoms with Crippen molar-refractivity contribution in [3.63, 3.8) is 0 Å². The van der Waals surface area contributed by atoms with Crippen LogP contribution < -0.4 is 10.1 Å². The third-order valence-electron chi connectivity index (χ3n) is 2.95. The van der Waals surface area contributed by atoms with E-state index in [0.29, 0.717) is 18.6 Å². The first-order valence-corrected chi connectivity index (χ1v) is 5.62. The molecule has 2 rings (SSSR count). The minimum Gasteiger partial charge on any atom is -0.480 e.